The van der Waals surface area contributed by atoms with Gasteiger partial charge in [0.2, 0.25) is 0 Å². The Morgan fingerprint density at radius 3 is 2.58 bits per heavy atom. The number of alkyl carbamates (subject to hydrolysis) is 1. The molecule has 1 aromatic heterocycles. The van der Waals surface area contributed by atoms with Crippen molar-refractivity contribution in [3.05, 3.63) is 46.1 Å². The molecule has 2 aliphatic carbocycles. The molecule has 2 bridgehead atoms. The lowest BCUT2D eigenvalue weighted by molar-refractivity contribution is 0.00879. The van der Waals surface area contributed by atoms with Gasteiger partial charge in [0.15, 0.2) is 0 Å². The predicted octanol–water partition coefficient (Wildman–Crippen LogP) is 6.77. The van der Waals surface area contributed by atoms with E-state index in [2.05, 4.69) is 32.2 Å². The molecule has 0 saturated carbocycles. The molecule has 3 atom stereocenters. The number of carbonyl (C=O) groups excluding carboxylic acids is 2. The first-order chi connectivity index (χ1) is 16.7. The van der Waals surface area contributed by atoms with Crippen LogP contribution in [0.15, 0.2) is 29.8 Å². The van der Waals surface area contributed by atoms with Gasteiger partial charge in [-0.2, -0.15) is 0 Å². The Labute approximate surface area is 217 Å². The van der Waals surface area contributed by atoms with Gasteiger partial charge in [-0.3, -0.25) is 4.98 Å². The zero-order chi connectivity index (χ0) is 26.4. The second kappa shape index (κ2) is 9.58. The fourth-order valence-corrected chi connectivity index (χ4v) is 5.71. The molecule has 1 amide bonds. The average molecular weight is 514 g/mol. The van der Waals surface area contributed by atoms with Gasteiger partial charge in [0.05, 0.1) is 5.52 Å². The Balaban J connectivity index is 1.53. The number of fused-ring (bicyclic) bond motifs is 5. The number of rotatable bonds is 3. The van der Waals surface area contributed by atoms with Crippen LogP contribution in [-0.2, 0) is 15.9 Å². The molecule has 3 unspecified atom stereocenters. The zero-order valence-corrected chi connectivity index (χ0v) is 22.7. The third kappa shape index (κ3) is 5.77. The lowest BCUT2D eigenvalue weighted by atomic mass is 9.65. The number of allylic oxidation sites excluding steroid dienone is 1. The van der Waals surface area contributed by atoms with Gasteiger partial charge in [0.25, 0.3) is 0 Å². The third-order valence-corrected chi connectivity index (χ3v) is 7.23. The Hall–Kier alpha value is -2.80. The summed E-state index contributed by atoms with van der Waals surface area (Å²) in [5.74, 6) is 0.683. The number of carbonyl (C=O) groups is 2. The van der Waals surface area contributed by atoms with E-state index in [0.29, 0.717) is 17.5 Å². The smallest absolute Gasteiger partial charge is 0.428 e. The summed E-state index contributed by atoms with van der Waals surface area (Å²) in [6, 6.07) is 5.67. The van der Waals surface area contributed by atoms with Crippen LogP contribution in [0, 0.1) is 17.3 Å². The van der Waals surface area contributed by atoms with Crippen LogP contribution in [0.4, 0.5) is 15.3 Å². The van der Waals surface area contributed by atoms with Crippen LogP contribution in [0.5, 0.6) is 0 Å². The molecule has 0 aliphatic heterocycles. The number of nitrogens with two attached hydrogens (primary N) is 1. The largest absolute Gasteiger partial charge is 0.517 e. The van der Waals surface area contributed by atoms with Crippen molar-refractivity contribution < 1.29 is 19.1 Å². The van der Waals surface area contributed by atoms with Crippen molar-refractivity contribution in [1.29, 1.82) is 0 Å². The molecule has 3 N–H and O–H groups in total. The van der Waals surface area contributed by atoms with E-state index in [-0.39, 0.29) is 17.3 Å². The van der Waals surface area contributed by atoms with Crippen molar-refractivity contribution in [2.24, 2.45) is 17.3 Å². The molecule has 8 heteroatoms. The number of anilines is 1. The normalized spacial score (nSPS) is 20.2. The van der Waals surface area contributed by atoms with Crippen molar-refractivity contribution in [3.8, 4) is 0 Å². The first-order valence-corrected chi connectivity index (χ1v) is 12.9. The molecule has 0 fully saturated rings. The number of nitrogens with zero attached hydrogens (tertiary/aromatic N) is 1. The van der Waals surface area contributed by atoms with Gasteiger partial charge >= 0.3 is 12.2 Å². The van der Waals surface area contributed by atoms with Gasteiger partial charge in [-0.15, -0.1) is 0 Å². The summed E-state index contributed by atoms with van der Waals surface area (Å²) in [5.41, 5.74) is 11.0. The van der Waals surface area contributed by atoms with E-state index in [0.717, 1.165) is 47.1 Å². The highest BCUT2D eigenvalue weighted by Crippen LogP contribution is 2.49. The number of ether oxygens (including phenoxy) is 2. The molecule has 194 valence electrons. The van der Waals surface area contributed by atoms with Crippen LogP contribution in [-0.4, -0.2) is 29.4 Å². The number of benzene rings is 1. The van der Waals surface area contributed by atoms with E-state index in [4.69, 9.17) is 31.8 Å². The first kappa shape index (κ1) is 26.3. The van der Waals surface area contributed by atoms with Gasteiger partial charge in [-0.05, 0) is 75.5 Å². The van der Waals surface area contributed by atoms with E-state index in [1.54, 1.807) is 20.8 Å². The zero-order valence-electron chi connectivity index (χ0n) is 21.9. The number of pyridine rings is 1. The molecule has 7 nitrogen and oxygen atoms in total. The van der Waals surface area contributed by atoms with Gasteiger partial charge in [-0.25, -0.2) is 9.59 Å². The minimum atomic E-state index is -1.01. The number of hydrogen-bond acceptors (Lipinski definition) is 6. The number of hydrogen-bond donors (Lipinski definition) is 2. The van der Waals surface area contributed by atoms with E-state index in [1.807, 2.05) is 18.2 Å². The minimum Gasteiger partial charge on any atom is -0.428 e. The summed E-state index contributed by atoms with van der Waals surface area (Å²) in [4.78, 5) is 29.1. The highest BCUT2D eigenvalue weighted by Gasteiger charge is 2.38. The quantitative estimate of drug-likeness (QED) is 0.266. The van der Waals surface area contributed by atoms with Crippen molar-refractivity contribution in [2.75, 3.05) is 12.3 Å². The van der Waals surface area contributed by atoms with Crippen LogP contribution in [0.3, 0.4) is 0 Å². The van der Waals surface area contributed by atoms with Gasteiger partial charge < -0.3 is 20.5 Å². The Kier molecular flexibility index (Phi) is 6.99. The lowest BCUT2D eigenvalue weighted by Gasteiger charge is -2.41. The maximum atomic E-state index is 12.3. The number of aromatic nitrogens is 1. The highest BCUT2D eigenvalue weighted by molar-refractivity contribution is 6.31. The fraction of sp³-hybridized carbons (Fsp3) is 0.536. The van der Waals surface area contributed by atoms with Crippen LogP contribution in [0.2, 0.25) is 5.02 Å². The minimum absolute atomic E-state index is 0.0592. The van der Waals surface area contributed by atoms with Crippen LogP contribution < -0.4 is 11.1 Å². The third-order valence-electron chi connectivity index (χ3n) is 7.00. The molecule has 1 aromatic carbocycles. The summed E-state index contributed by atoms with van der Waals surface area (Å²) in [6.45, 7) is 12.0. The van der Waals surface area contributed by atoms with E-state index in [9.17, 15) is 9.59 Å². The SMILES string of the molecule is CC(C)(C)OC(=O)OC(=O)NCC(C1=CC2Cc3nc4cc(Cl)ccc4c(N)c3C(C1)C2)C(C)(C)C. The monoisotopic (exact) mass is 513 g/mol. The number of amides is 1. The Morgan fingerprint density at radius 1 is 1.19 bits per heavy atom. The molecule has 0 radical (unpaired) electrons. The molecule has 2 aliphatic rings. The van der Waals surface area contributed by atoms with Crippen LogP contribution in [0.25, 0.3) is 10.9 Å². The summed E-state index contributed by atoms with van der Waals surface area (Å²) in [6.07, 6.45) is 3.25. The molecule has 0 saturated heterocycles. The Bertz CT molecular complexity index is 1230. The van der Waals surface area contributed by atoms with Gasteiger partial charge in [0.1, 0.15) is 5.60 Å². The molecular formula is C28H36ClN3O4. The van der Waals surface area contributed by atoms with E-state index >= 15 is 0 Å². The van der Waals surface area contributed by atoms with Crippen molar-refractivity contribution >= 4 is 40.4 Å². The highest BCUT2D eigenvalue weighted by atomic mass is 35.5. The van der Waals surface area contributed by atoms with Crippen molar-refractivity contribution in [2.45, 2.75) is 72.3 Å². The maximum Gasteiger partial charge on any atom is 0.517 e. The van der Waals surface area contributed by atoms with Crippen LogP contribution in [0.1, 0.15) is 71.6 Å². The molecule has 1 heterocycles. The average Bonchev–Trinajstić information content (AvgIpc) is 2.70. The number of nitrogens with one attached hydrogen (secondary N) is 1. The first-order valence-electron chi connectivity index (χ1n) is 12.5. The van der Waals surface area contributed by atoms with Crippen LogP contribution >= 0.6 is 11.6 Å². The van der Waals surface area contributed by atoms with E-state index in [1.165, 1.54) is 5.57 Å². The summed E-state index contributed by atoms with van der Waals surface area (Å²) < 4.78 is 9.87. The molecule has 36 heavy (non-hydrogen) atoms. The second-order valence-electron chi connectivity index (χ2n) is 12.0. The molecule has 4 rings (SSSR count). The molecule has 0 spiro atoms. The fourth-order valence-electron chi connectivity index (χ4n) is 5.54. The lowest BCUT2D eigenvalue weighted by Crippen LogP contribution is -2.39. The molecular weight excluding hydrogens is 478 g/mol. The maximum absolute atomic E-state index is 12.3. The number of nitrogen functional groups attached to an aromatic ring is 1. The van der Waals surface area contributed by atoms with Crippen molar-refractivity contribution in [3.63, 3.8) is 0 Å². The molecule has 2 aromatic rings. The van der Waals surface area contributed by atoms with Crippen molar-refractivity contribution in [1.82, 2.24) is 10.3 Å². The summed E-state index contributed by atoms with van der Waals surface area (Å²) in [5, 5.41) is 4.36. The van der Waals surface area contributed by atoms with E-state index < -0.39 is 17.8 Å². The second-order valence-corrected chi connectivity index (χ2v) is 12.5. The van der Waals surface area contributed by atoms with Gasteiger partial charge in [0, 0.05) is 39.8 Å². The Morgan fingerprint density at radius 2 is 1.92 bits per heavy atom. The summed E-state index contributed by atoms with van der Waals surface area (Å²) in [7, 11) is 0. The summed E-state index contributed by atoms with van der Waals surface area (Å²) >= 11 is 6.20. The topological polar surface area (TPSA) is 104 Å². The number of halogens is 1. The van der Waals surface area contributed by atoms with Gasteiger partial charge in [-0.1, -0.05) is 44.0 Å². The predicted molar refractivity (Wildman–Crippen MR) is 142 cm³/mol. The standard InChI is InChI=1S/C28H36ClN3O4/c1-27(2,3)20(14-31-25(33)35-26(34)36-28(4,5)6)16-9-15-10-17(12-16)23-22(11-15)32-21-13-18(29)7-8-19(21)24(23)30/h7-9,13,15,17,20H,10-12,14H2,1-6H3,(H2,30,32)(H,31,33).